The van der Waals surface area contributed by atoms with Gasteiger partial charge in [-0.05, 0) is 29.3 Å². The van der Waals surface area contributed by atoms with Crippen molar-refractivity contribution in [3.63, 3.8) is 0 Å². The molecule has 5 aromatic rings. The molecule has 3 aromatic carbocycles. The third-order valence-corrected chi connectivity index (χ3v) is 5.54. The molecule has 0 saturated carbocycles. The minimum absolute atomic E-state index is 0.123. The van der Waals surface area contributed by atoms with Gasteiger partial charge in [0, 0.05) is 41.1 Å². The molecule has 5 heteroatoms. The van der Waals surface area contributed by atoms with E-state index in [4.69, 9.17) is 10.7 Å². The number of amides is 1. The zero-order valence-electron chi connectivity index (χ0n) is 16.9. The van der Waals surface area contributed by atoms with E-state index in [9.17, 15) is 4.79 Å². The van der Waals surface area contributed by atoms with Gasteiger partial charge in [0.05, 0.1) is 16.8 Å². The maximum Gasteiger partial charge on any atom is 0.252 e. The van der Waals surface area contributed by atoms with Crippen LogP contribution in [0.3, 0.4) is 0 Å². The van der Waals surface area contributed by atoms with Gasteiger partial charge in [0.15, 0.2) is 0 Å². The average Bonchev–Trinajstić information content (AvgIpc) is 3.26. The fraction of sp³-hybridized carbons (Fsp3) is 0.0769. The number of nitrogens with two attached hydrogens (primary N) is 1. The van der Waals surface area contributed by atoms with Crippen LogP contribution < -0.4 is 11.1 Å². The maximum absolute atomic E-state index is 13.2. The summed E-state index contributed by atoms with van der Waals surface area (Å²) in [6.45, 7) is 0.953. The van der Waals surface area contributed by atoms with E-state index in [1.807, 2.05) is 79.0 Å². The van der Waals surface area contributed by atoms with E-state index >= 15 is 0 Å². The quantitative estimate of drug-likeness (QED) is 0.393. The fourth-order valence-corrected chi connectivity index (χ4v) is 3.86. The van der Waals surface area contributed by atoms with Gasteiger partial charge in [0.1, 0.15) is 0 Å². The third kappa shape index (κ3) is 3.67. The van der Waals surface area contributed by atoms with Crippen LogP contribution in [0.1, 0.15) is 21.5 Å². The SMILES string of the molecule is NCc1ccc(CNC(=O)c2cc(-c3c[nH]c4ccccc34)nc3ccccc23)cc1. The number of nitrogens with one attached hydrogen (secondary N) is 2. The lowest BCUT2D eigenvalue weighted by Crippen LogP contribution is -2.23. The van der Waals surface area contributed by atoms with Crippen molar-refractivity contribution in [3.8, 4) is 11.3 Å². The molecule has 0 aliphatic rings. The molecule has 4 N–H and O–H groups in total. The molecule has 0 saturated heterocycles. The van der Waals surface area contributed by atoms with E-state index in [0.717, 1.165) is 44.2 Å². The second-order valence-corrected chi connectivity index (χ2v) is 7.52. The van der Waals surface area contributed by atoms with Crippen LogP contribution >= 0.6 is 0 Å². The first-order valence-electron chi connectivity index (χ1n) is 10.3. The number of nitrogens with zero attached hydrogens (tertiary/aromatic N) is 1. The molecule has 1 amide bonds. The van der Waals surface area contributed by atoms with E-state index in [2.05, 4.69) is 16.4 Å². The summed E-state index contributed by atoms with van der Waals surface area (Å²) in [6, 6.07) is 25.7. The summed E-state index contributed by atoms with van der Waals surface area (Å²) in [5.74, 6) is -0.123. The molecule has 0 aliphatic carbocycles. The van der Waals surface area contributed by atoms with Crippen molar-refractivity contribution in [1.82, 2.24) is 15.3 Å². The molecule has 0 spiro atoms. The summed E-state index contributed by atoms with van der Waals surface area (Å²) in [5.41, 5.74) is 12.0. The van der Waals surface area contributed by atoms with Gasteiger partial charge in [-0.2, -0.15) is 0 Å². The Bertz CT molecular complexity index is 1390. The predicted molar refractivity (Wildman–Crippen MR) is 125 cm³/mol. The van der Waals surface area contributed by atoms with Crippen molar-refractivity contribution < 1.29 is 4.79 Å². The second kappa shape index (κ2) is 8.05. The topological polar surface area (TPSA) is 83.8 Å². The number of H-pyrrole nitrogens is 1. The number of carbonyl (C=O) groups is 1. The zero-order chi connectivity index (χ0) is 21.2. The number of pyridine rings is 1. The lowest BCUT2D eigenvalue weighted by Gasteiger charge is -2.11. The van der Waals surface area contributed by atoms with E-state index in [1.54, 1.807) is 0 Å². The van der Waals surface area contributed by atoms with Gasteiger partial charge < -0.3 is 16.0 Å². The number of aromatic nitrogens is 2. The Morgan fingerprint density at radius 3 is 2.42 bits per heavy atom. The number of carbonyl (C=O) groups excluding carboxylic acids is 1. The molecule has 0 bridgehead atoms. The average molecular weight is 406 g/mol. The molecule has 0 radical (unpaired) electrons. The van der Waals surface area contributed by atoms with Crippen molar-refractivity contribution >= 4 is 27.7 Å². The Balaban J connectivity index is 1.51. The number of hydrogen-bond donors (Lipinski definition) is 3. The monoisotopic (exact) mass is 406 g/mol. The molecular formula is C26H22N4O. The van der Waals surface area contributed by atoms with Crippen LogP contribution in [-0.2, 0) is 13.1 Å². The normalized spacial score (nSPS) is 11.1. The second-order valence-electron chi connectivity index (χ2n) is 7.52. The van der Waals surface area contributed by atoms with Crippen LogP contribution in [0.25, 0.3) is 33.1 Å². The summed E-state index contributed by atoms with van der Waals surface area (Å²) >= 11 is 0. The minimum Gasteiger partial charge on any atom is -0.360 e. The van der Waals surface area contributed by atoms with Crippen LogP contribution in [0.4, 0.5) is 0 Å². The van der Waals surface area contributed by atoms with Crippen molar-refractivity contribution in [2.24, 2.45) is 5.73 Å². The van der Waals surface area contributed by atoms with Gasteiger partial charge in [-0.15, -0.1) is 0 Å². The largest absolute Gasteiger partial charge is 0.360 e. The maximum atomic E-state index is 13.2. The lowest BCUT2D eigenvalue weighted by molar-refractivity contribution is 0.0952. The summed E-state index contributed by atoms with van der Waals surface area (Å²) in [4.78, 5) is 21.3. The third-order valence-electron chi connectivity index (χ3n) is 5.54. The predicted octanol–water partition coefficient (Wildman–Crippen LogP) is 4.77. The molecular weight excluding hydrogens is 384 g/mol. The van der Waals surface area contributed by atoms with Gasteiger partial charge >= 0.3 is 0 Å². The highest BCUT2D eigenvalue weighted by atomic mass is 16.1. The molecule has 0 aliphatic heterocycles. The van der Waals surface area contributed by atoms with Crippen LogP contribution in [0.5, 0.6) is 0 Å². The van der Waals surface area contributed by atoms with Crippen LogP contribution in [0.2, 0.25) is 0 Å². The summed E-state index contributed by atoms with van der Waals surface area (Å²) in [6.07, 6.45) is 1.95. The highest BCUT2D eigenvalue weighted by Crippen LogP contribution is 2.30. The minimum atomic E-state index is -0.123. The number of fused-ring (bicyclic) bond motifs is 2. The highest BCUT2D eigenvalue weighted by molar-refractivity contribution is 6.08. The molecule has 2 heterocycles. The van der Waals surface area contributed by atoms with Crippen LogP contribution in [0, 0.1) is 0 Å². The van der Waals surface area contributed by atoms with Gasteiger partial charge in [0.25, 0.3) is 5.91 Å². The van der Waals surface area contributed by atoms with Gasteiger partial charge in [-0.25, -0.2) is 4.98 Å². The summed E-state index contributed by atoms with van der Waals surface area (Å²) in [7, 11) is 0. The lowest BCUT2D eigenvalue weighted by atomic mass is 10.0. The van der Waals surface area contributed by atoms with Gasteiger partial charge in [-0.1, -0.05) is 60.7 Å². The first kappa shape index (κ1) is 19.0. The van der Waals surface area contributed by atoms with Gasteiger partial charge in [-0.3, -0.25) is 4.79 Å². The fourth-order valence-electron chi connectivity index (χ4n) is 3.86. The Hall–Kier alpha value is -3.96. The highest BCUT2D eigenvalue weighted by Gasteiger charge is 2.15. The van der Waals surface area contributed by atoms with Crippen molar-refractivity contribution in [1.29, 1.82) is 0 Å². The van der Waals surface area contributed by atoms with Crippen LogP contribution in [-0.4, -0.2) is 15.9 Å². The van der Waals surface area contributed by atoms with Crippen molar-refractivity contribution in [3.05, 3.63) is 102 Å². The first-order chi connectivity index (χ1) is 15.2. The van der Waals surface area contributed by atoms with Crippen molar-refractivity contribution in [2.45, 2.75) is 13.1 Å². The Morgan fingerprint density at radius 1 is 0.903 bits per heavy atom. The Morgan fingerprint density at radius 2 is 1.61 bits per heavy atom. The Kier molecular flexibility index (Phi) is 4.94. The number of hydrogen-bond acceptors (Lipinski definition) is 3. The van der Waals surface area contributed by atoms with Gasteiger partial charge in [0.2, 0.25) is 0 Å². The molecule has 5 rings (SSSR count). The molecule has 31 heavy (non-hydrogen) atoms. The van der Waals surface area contributed by atoms with Crippen molar-refractivity contribution in [2.75, 3.05) is 0 Å². The van der Waals surface area contributed by atoms with E-state index < -0.39 is 0 Å². The molecule has 0 atom stereocenters. The number of aromatic amines is 1. The summed E-state index contributed by atoms with van der Waals surface area (Å²) in [5, 5.41) is 4.96. The molecule has 0 fully saturated rings. The first-order valence-corrected chi connectivity index (χ1v) is 10.3. The molecule has 2 aromatic heterocycles. The number of benzene rings is 3. The molecule has 5 nitrogen and oxygen atoms in total. The smallest absolute Gasteiger partial charge is 0.252 e. The zero-order valence-corrected chi connectivity index (χ0v) is 16.9. The van der Waals surface area contributed by atoms with E-state index in [0.29, 0.717) is 18.7 Å². The van der Waals surface area contributed by atoms with Crippen LogP contribution in [0.15, 0.2) is 85.1 Å². The van der Waals surface area contributed by atoms with E-state index in [1.165, 1.54) is 0 Å². The van der Waals surface area contributed by atoms with E-state index in [-0.39, 0.29) is 5.91 Å². The molecule has 152 valence electrons. The summed E-state index contributed by atoms with van der Waals surface area (Å²) < 4.78 is 0. The number of para-hydroxylation sites is 2. The standard InChI is InChI=1S/C26H22N4O/c27-14-17-9-11-18(12-10-17)15-29-26(31)21-13-25(30-24-8-4-2-5-19(21)24)22-16-28-23-7-3-1-6-20(22)23/h1-13,16,28H,14-15,27H2,(H,29,31). The Labute approximate surface area is 179 Å². The number of rotatable bonds is 5. The molecule has 0 unspecified atom stereocenters.